The van der Waals surface area contributed by atoms with Crippen molar-refractivity contribution < 1.29 is 9.53 Å². The number of rotatable bonds is 4. The summed E-state index contributed by atoms with van der Waals surface area (Å²) in [6.07, 6.45) is 6.01. The van der Waals surface area contributed by atoms with Crippen molar-refractivity contribution in [1.29, 1.82) is 0 Å². The number of carbonyl (C=O) groups excluding carboxylic acids is 1. The summed E-state index contributed by atoms with van der Waals surface area (Å²) in [6.45, 7) is 2.38. The number of aromatic nitrogens is 3. The van der Waals surface area contributed by atoms with E-state index < -0.39 is 0 Å². The highest BCUT2D eigenvalue weighted by atomic mass is 16.5. The number of amides is 1. The maximum atomic E-state index is 11.6. The molecule has 0 aliphatic rings. The zero-order valence-corrected chi connectivity index (χ0v) is 11.5. The van der Waals surface area contributed by atoms with E-state index in [1.54, 1.807) is 6.20 Å². The molecule has 0 aliphatic carbocycles. The van der Waals surface area contributed by atoms with Gasteiger partial charge in [-0.2, -0.15) is 0 Å². The second kappa shape index (κ2) is 7.60. The molecule has 0 fully saturated rings. The Morgan fingerprint density at radius 1 is 1.24 bits per heavy atom. The first-order valence-electron chi connectivity index (χ1n) is 6.31. The lowest BCUT2D eigenvalue weighted by atomic mass is 10.4. The second-order valence-corrected chi connectivity index (χ2v) is 4.05. The number of carbonyl (C=O) groups is 1. The normalized spacial score (nSPS) is 9.38. The highest BCUT2D eigenvalue weighted by molar-refractivity contribution is 5.91. The van der Waals surface area contributed by atoms with Crippen LogP contribution < -0.4 is 10.1 Å². The van der Waals surface area contributed by atoms with Crippen LogP contribution >= 0.6 is 0 Å². The SMILES string of the molecule is Cc1ccc(OCC#CCNC(=O)c2cnccn2)cn1. The van der Waals surface area contributed by atoms with Crippen molar-refractivity contribution in [2.24, 2.45) is 0 Å². The molecule has 0 aromatic carbocycles. The van der Waals surface area contributed by atoms with Crippen LogP contribution in [-0.2, 0) is 0 Å². The van der Waals surface area contributed by atoms with E-state index in [2.05, 4.69) is 32.1 Å². The van der Waals surface area contributed by atoms with Gasteiger partial charge in [0.25, 0.3) is 5.91 Å². The van der Waals surface area contributed by atoms with Gasteiger partial charge in [0.15, 0.2) is 0 Å². The molecular formula is C15H14N4O2. The lowest BCUT2D eigenvalue weighted by molar-refractivity contribution is 0.0953. The molecule has 6 heteroatoms. The van der Waals surface area contributed by atoms with Gasteiger partial charge in [-0.3, -0.25) is 14.8 Å². The third kappa shape index (κ3) is 4.91. The van der Waals surface area contributed by atoms with E-state index in [1.807, 2.05) is 19.1 Å². The summed E-state index contributed by atoms with van der Waals surface area (Å²) in [6, 6.07) is 3.70. The van der Waals surface area contributed by atoms with Gasteiger partial charge in [-0.25, -0.2) is 4.98 Å². The Hall–Kier alpha value is -2.94. The van der Waals surface area contributed by atoms with Gasteiger partial charge >= 0.3 is 0 Å². The molecule has 2 aromatic heterocycles. The van der Waals surface area contributed by atoms with Gasteiger partial charge in [0.2, 0.25) is 0 Å². The molecular weight excluding hydrogens is 268 g/mol. The summed E-state index contributed by atoms with van der Waals surface area (Å²) in [5.41, 5.74) is 1.20. The largest absolute Gasteiger partial charge is 0.479 e. The first kappa shape index (κ1) is 14.5. The Morgan fingerprint density at radius 2 is 2.14 bits per heavy atom. The van der Waals surface area contributed by atoms with Crippen molar-refractivity contribution in [3.8, 4) is 17.6 Å². The summed E-state index contributed by atoms with van der Waals surface area (Å²) in [4.78, 5) is 23.4. The third-order valence-electron chi connectivity index (χ3n) is 2.45. The first-order chi connectivity index (χ1) is 10.3. The number of ether oxygens (including phenoxy) is 1. The van der Waals surface area contributed by atoms with Crippen LogP contribution in [0.5, 0.6) is 5.75 Å². The van der Waals surface area contributed by atoms with Gasteiger partial charge in [-0.05, 0) is 19.1 Å². The Bertz CT molecular complexity index is 645. The Balaban J connectivity index is 1.70. The molecule has 0 unspecified atom stereocenters. The van der Waals surface area contributed by atoms with E-state index in [0.717, 1.165) is 5.69 Å². The van der Waals surface area contributed by atoms with E-state index in [4.69, 9.17) is 4.74 Å². The molecule has 2 heterocycles. The molecule has 21 heavy (non-hydrogen) atoms. The fraction of sp³-hybridized carbons (Fsp3) is 0.200. The fourth-order valence-corrected chi connectivity index (χ4v) is 1.40. The van der Waals surface area contributed by atoms with Crippen LogP contribution in [0, 0.1) is 18.8 Å². The van der Waals surface area contributed by atoms with E-state index in [-0.39, 0.29) is 24.8 Å². The van der Waals surface area contributed by atoms with Crippen LogP contribution in [0.1, 0.15) is 16.2 Å². The van der Waals surface area contributed by atoms with Crippen LogP contribution in [0.3, 0.4) is 0 Å². The third-order valence-corrected chi connectivity index (χ3v) is 2.45. The lowest BCUT2D eigenvalue weighted by Crippen LogP contribution is -2.24. The number of nitrogens with zero attached hydrogens (tertiary/aromatic N) is 3. The Labute approximate surface area is 122 Å². The summed E-state index contributed by atoms with van der Waals surface area (Å²) >= 11 is 0. The van der Waals surface area contributed by atoms with Crippen LogP contribution in [-0.4, -0.2) is 34.0 Å². The monoisotopic (exact) mass is 282 g/mol. The highest BCUT2D eigenvalue weighted by Gasteiger charge is 2.03. The van der Waals surface area contributed by atoms with Crippen LogP contribution in [0.4, 0.5) is 0 Å². The predicted octanol–water partition coefficient (Wildman–Crippen LogP) is 0.992. The lowest BCUT2D eigenvalue weighted by Gasteiger charge is -2.01. The van der Waals surface area contributed by atoms with Crippen molar-refractivity contribution in [1.82, 2.24) is 20.3 Å². The van der Waals surface area contributed by atoms with Gasteiger partial charge in [0.1, 0.15) is 18.1 Å². The van der Waals surface area contributed by atoms with E-state index in [9.17, 15) is 4.79 Å². The predicted molar refractivity (Wildman–Crippen MR) is 76.6 cm³/mol. The Morgan fingerprint density at radius 3 is 2.86 bits per heavy atom. The molecule has 0 atom stereocenters. The number of aryl methyl sites for hydroxylation is 1. The van der Waals surface area contributed by atoms with E-state index >= 15 is 0 Å². The molecule has 0 saturated heterocycles. The topological polar surface area (TPSA) is 77.0 Å². The average Bonchev–Trinajstić information content (AvgIpc) is 2.53. The molecule has 0 spiro atoms. The van der Waals surface area contributed by atoms with Crippen LogP contribution in [0.2, 0.25) is 0 Å². The minimum atomic E-state index is -0.305. The maximum absolute atomic E-state index is 11.6. The minimum Gasteiger partial charge on any atom is -0.479 e. The molecule has 106 valence electrons. The van der Waals surface area contributed by atoms with E-state index in [0.29, 0.717) is 5.75 Å². The highest BCUT2D eigenvalue weighted by Crippen LogP contribution is 2.07. The zero-order valence-electron chi connectivity index (χ0n) is 11.5. The smallest absolute Gasteiger partial charge is 0.272 e. The fourth-order valence-electron chi connectivity index (χ4n) is 1.40. The van der Waals surface area contributed by atoms with Gasteiger partial charge in [0.05, 0.1) is 18.9 Å². The standard InChI is InChI=1S/C15H14N4O2/c1-12-4-5-13(10-19-12)21-9-3-2-6-18-15(20)14-11-16-7-8-17-14/h4-5,7-8,10-11H,6,9H2,1H3,(H,18,20). The van der Waals surface area contributed by atoms with Crippen molar-refractivity contribution in [3.05, 3.63) is 48.3 Å². The minimum absolute atomic E-state index is 0.227. The average molecular weight is 282 g/mol. The first-order valence-corrected chi connectivity index (χ1v) is 6.31. The number of hydrogen-bond acceptors (Lipinski definition) is 5. The molecule has 1 N–H and O–H groups in total. The van der Waals surface area contributed by atoms with Crippen molar-refractivity contribution in [2.75, 3.05) is 13.2 Å². The summed E-state index contributed by atoms with van der Waals surface area (Å²) in [5.74, 6) is 5.96. The number of pyridine rings is 1. The number of hydrogen-bond donors (Lipinski definition) is 1. The molecule has 0 bridgehead atoms. The summed E-state index contributed by atoms with van der Waals surface area (Å²) < 4.78 is 5.38. The zero-order chi connectivity index (χ0) is 14.9. The van der Waals surface area contributed by atoms with Gasteiger partial charge in [0, 0.05) is 18.1 Å². The summed E-state index contributed by atoms with van der Waals surface area (Å²) in [7, 11) is 0. The molecule has 2 rings (SSSR count). The quantitative estimate of drug-likeness (QED) is 0.846. The molecule has 0 radical (unpaired) electrons. The van der Waals surface area contributed by atoms with Gasteiger partial charge in [-0.1, -0.05) is 11.8 Å². The summed E-state index contributed by atoms with van der Waals surface area (Å²) in [5, 5.41) is 2.62. The van der Waals surface area contributed by atoms with Crippen molar-refractivity contribution in [2.45, 2.75) is 6.92 Å². The van der Waals surface area contributed by atoms with Crippen LogP contribution in [0.15, 0.2) is 36.9 Å². The molecule has 0 aliphatic heterocycles. The van der Waals surface area contributed by atoms with Crippen molar-refractivity contribution in [3.63, 3.8) is 0 Å². The maximum Gasteiger partial charge on any atom is 0.272 e. The second-order valence-electron chi connectivity index (χ2n) is 4.05. The van der Waals surface area contributed by atoms with E-state index in [1.165, 1.54) is 18.6 Å². The van der Waals surface area contributed by atoms with Gasteiger partial charge in [-0.15, -0.1) is 0 Å². The molecule has 0 saturated carbocycles. The molecule has 6 nitrogen and oxygen atoms in total. The Kier molecular flexibility index (Phi) is 5.24. The van der Waals surface area contributed by atoms with Crippen LogP contribution in [0.25, 0.3) is 0 Å². The number of nitrogens with one attached hydrogen (secondary N) is 1. The molecule has 2 aromatic rings. The van der Waals surface area contributed by atoms with Crippen molar-refractivity contribution >= 4 is 5.91 Å². The molecule has 1 amide bonds. The van der Waals surface area contributed by atoms with Gasteiger partial charge < -0.3 is 10.1 Å².